The molecule has 0 atom stereocenters. The summed E-state index contributed by atoms with van der Waals surface area (Å²) in [5.74, 6) is 1.30. The number of rotatable bonds is 6. The van der Waals surface area contributed by atoms with Crippen LogP contribution in [-0.4, -0.2) is 25.2 Å². The predicted octanol–water partition coefficient (Wildman–Crippen LogP) is 4.94. The van der Waals surface area contributed by atoms with E-state index in [0.29, 0.717) is 33.2 Å². The molecule has 0 spiro atoms. The van der Waals surface area contributed by atoms with E-state index in [1.807, 2.05) is 62.7 Å². The van der Waals surface area contributed by atoms with Crippen molar-refractivity contribution in [2.24, 2.45) is 17.1 Å². The molecular formula is C26H22N6O4S. The third-order valence-electron chi connectivity index (χ3n) is 5.85. The van der Waals surface area contributed by atoms with Crippen molar-refractivity contribution in [3.63, 3.8) is 0 Å². The van der Waals surface area contributed by atoms with Gasteiger partial charge < -0.3 is 4.42 Å². The molecule has 5 rings (SSSR count). The fourth-order valence-corrected chi connectivity index (χ4v) is 4.70. The van der Waals surface area contributed by atoms with Crippen molar-refractivity contribution in [1.29, 1.82) is 0 Å². The molecule has 0 N–H and O–H groups in total. The van der Waals surface area contributed by atoms with Gasteiger partial charge in [0.15, 0.2) is 5.69 Å². The first kappa shape index (κ1) is 23.9. The highest BCUT2D eigenvalue weighted by Gasteiger charge is 2.17. The van der Waals surface area contributed by atoms with Gasteiger partial charge in [0.25, 0.3) is 11.2 Å². The van der Waals surface area contributed by atoms with Gasteiger partial charge in [-0.05, 0) is 50.2 Å². The highest BCUT2D eigenvalue weighted by molar-refractivity contribution is 7.07. The number of non-ortho nitro benzene ring substituents is 1. The molecule has 0 bridgehead atoms. The molecule has 0 aliphatic heterocycles. The van der Waals surface area contributed by atoms with Gasteiger partial charge in [0.2, 0.25) is 4.80 Å². The Morgan fingerprint density at radius 1 is 1.03 bits per heavy atom. The van der Waals surface area contributed by atoms with Crippen LogP contribution in [0.1, 0.15) is 17.2 Å². The Bertz CT molecular complexity index is 1750. The normalized spacial score (nSPS) is 12.0. The zero-order valence-electron chi connectivity index (χ0n) is 20.2. The summed E-state index contributed by atoms with van der Waals surface area (Å²) in [4.78, 5) is 29.3. The number of aromatic nitrogens is 3. The van der Waals surface area contributed by atoms with Crippen LogP contribution in [0.2, 0.25) is 0 Å². The van der Waals surface area contributed by atoms with Crippen LogP contribution in [0.25, 0.3) is 16.9 Å². The van der Waals surface area contributed by atoms with E-state index in [4.69, 9.17) is 9.41 Å². The SMILES string of the molecule is Cc1ccc(C=Nn2c(-c3ccc([N+](=O)[O-])cc3)csc2=Nc2c(C)n(C)n(-c3ccccc3)c2=O)o1. The number of nitro groups is 1. The molecule has 0 aliphatic carbocycles. The molecule has 0 saturated carbocycles. The molecule has 3 aromatic heterocycles. The van der Waals surface area contributed by atoms with Crippen LogP contribution in [-0.2, 0) is 7.05 Å². The summed E-state index contributed by atoms with van der Waals surface area (Å²) in [6.07, 6.45) is 1.56. The molecule has 0 amide bonds. The van der Waals surface area contributed by atoms with Crippen molar-refractivity contribution in [1.82, 2.24) is 14.0 Å². The van der Waals surface area contributed by atoms with Gasteiger partial charge in [-0.15, -0.1) is 11.3 Å². The minimum Gasteiger partial charge on any atom is -0.460 e. The molecule has 0 saturated heterocycles. The van der Waals surface area contributed by atoms with Crippen molar-refractivity contribution in [2.75, 3.05) is 0 Å². The third kappa shape index (κ3) is 4.59. The maximum absolute atomic E-state index is 13.4. The summed E-state index contributed by atoms with van der Waals surface area (Å²) in [5.41, 5.74) is 2.83. The number of aryl methyl sites for hydroxylation is 1. The Morgan fingerprint density at radius 3 is 2.41 bits per heavy atom. The van der Waals surface area contributed by atoms with Crippen molar-refractivity contribution in [3.8, 4) is 16.9 Å². The van der Waals surface area contributed by atoms with E-state index in [-0.39, 0.29) is 11.2 Å². The van der Waals surface area contributed by atoms with E-state index in [1.54, 1.807) is 38.5 Å². The standard InChI is InChI=1S/C26H22N6O4S/c1-17-9-14-22(36-17)15-27-30-23(19-10-12-21(13-11-19)32(34)35)16-37-26(30)28-24-18(2)29(3)31(25(24)33)20-7-5-4-6-8-20/h4-16H,1-3H3. The van der Waals surface area contributed by atoms with E-state index >= 15 is 0 Å². The van der Waals surface area contributed by atoms with Crippen LogP contribution in [0.5, 0.6) is 0 Å². The number of nitrogens with zero attached hydrogens (tertiary/aromatic N) is 6. The number of para-hydroxylation sites is 1. The Hall–Kier alpha value is -4.77. The molecule has 0 fully saturated rings. The van der Waals surface area contributed by atoms with Crippen LogP contribution >= 0.6 is 11.3 Å². The third-order valence-corrected chi connectivity index (χ3v) is 6.67. The van der Waals surface area contributed by atoms with Crippen molar-refractivity contribution in [2.45, 2.75) is 13.8 Å². The summed E-state index contributed by atoms with van der Waals surface area (Å²) in [5, 5.41) is 17.5. The Morgan fingerprint density at radius 2 is 1.76 bits per heavy atom. The fourth-order valence-electron chi connectivity index (χ4n) is 3.86. The lowest BCUT2D eigenvalue weighted by molar-refractivity contribution is -0.384. The highest BCUT2D eigenvalue weighted by atomic mass is 32.1. The zero-order chi connectivity index (χ0) is 26.1. The second kappa shape index (κ2) is 9.70. The molecule has 0 unspecified atom stereocenters. The van der Waals surface area contributed by atoms with Gasteiger partial charge in [0.1, 0.15) is 11.5 Å². The number of nitro benzene ring substituents is 1. The van der Waals surface area contributed by atoms with Gasteiger partial charge in [0, 0.05) is 30.1 Å². The second-order valence-electron chi connectivity index (χ2n) is 8.23. The summed E-state index contributed by atoms with van der Waals surface area (Å²) < 4.78 is 10.5. The van der Waals surface area contributed by atoms with E-state index in [0.717, 1.165) is 11.4 Å². The summed E-state index contributed by atoms with van der Waals surface area (Å²) >= 11 is 1.31. The maximum Gasteiger partial charge on any atom is 0.297 e. The zero-order valence-corrected chi connectivity index (χ0v) is 21.0. The molecular weight excluding hydrogens is 492 g/mol. The molecule has 37 heavy (non-hydrogen) atoms. The Labute approximate surface area is 214 Å². The largest absolute Gasteiger partial charge is 0.460 e. The van der Waals surface area contributed by atoms with E-state index in [1.165, 1.54) is 23.5 Å². The summed E-state index contributed by atoms with van der Waals surface area (Å²) in [6.45, 7) is 3.68. The number of furan rings is 1. The minimum atomic E-state index is -0.445. The minimum absolute atomic E-state index is 0.00799. The molecule has 2 aromatic carbocycles. The second-order valence-corrected chi connectivity index (χ2v) is 9.07. The van der Waals surface area contributed by atoms with Crippen molar-refractivity contribution < 1.29 is 9.34 Å². The Balaban J connectivity index is 1.68. The molecule has 10 nitrogen and oxygen atoms in total. The van der Waals surface area contributed by atoms with Crippen molar-refractivity contribution >= 4 is 28.9 Å². The number of thiazole rings is 1. The van der Waals surface area contributed by atoms with Crippen molar-refractivity contribution in [3.05, 3.63) is 115 Å². The lowest BCUT2D eigenvalue weighted by atomic mass is 10.1. The first-order valence-corrected chi connectivity index (χ1v) is 12.2. The van der Waals surface area contributed by atoms with Gasteiger partial charge in [-0.2, -0.15) is 5.10 Å². The highest BCUT2D eigenvalue weighted by Crippen LogP contribution is 2.24. The van der Waals surface area contributed by atoms with Crippen LogP contribution < -0.4 is 10.4 Å². The number of hydrogen-bond acceptors (Lipinski definition) is 7. The van der Waals surface area contributed by atoms with Crippen LogP contribution in [0.15, 0.2) is 91.4 Å². The van der Waals surface area contributed by atoms with Gasteiger partial charge in [-0.1, -0.05) is 18.2 Å². The fraction of sp³-hybridized carbons (Fsp3) is 0.115. The lowest BCUT2D eigenvalue weighted by Crippen LogP contribution is -2.19. The molecule has 5 aromatic rings. The van der Waals surface area contributed by atoms with Gasteiger partial charge in [-0.25, -0.2) is 14.4 Å². The first-order chi connectivity index (χ1) is 17.8. The van der Waals surface area contributed by atoms with Crippen LogP contribution in [0.4, 0.5) is 11.4 Å². The number of hydrogen-bond donors (Lipinski definition) is 0. The smallest absolute Gasteiger partial charge is 0.297 e. The van der Waals surface area contributed by atoms with Crippen LogP contribution in [0, 0.1) is 24.0 Å². The predicted molar refractivity (Wildman–Crippen MR) is 142 cm³/mol. The monoisotopic (exact) mass is 514 g/mol. The van der Waals surface area contributed by atoms with E-state index in [9.17, 15) is 14.9 Å². The van der Waals surface area contributed by atoms with Gasteiger partial charge >= 0.3 is 0 Å². The number of benzene rings is 2. The molecule has 186 valence electrons. The average Bonchev–Trinajstić information content (AvgIpc) is 3.56. The average molecular weight is 515 g/mol. The summed E-state index contributed by atoms with van der Waals surface area (Å²) in [6, 6.07) is 19.2. The van der Waals surface area contributed by atoms with Crippen LogP contribution in [0.3, 0.4) is 0 Å². The molecule has 0 aliphatic rings. The molecule has 11 heteroatoms. The maximum atomic E-state index is 13.4. The molecule has 0 radical (unpaired) electrons. The molecule has 3 heterocycles. The van der Waals surface area contributed by atoms with E-state index < -0.39 is 4.92 Å². The lowest BCUT2D eigenvalue weighted by Gasteiger charge is -2.07. The van der Waals surface area contributed by atoms with Gasteiger partial charge in [-0.3, -0.25) is 19.6 Å². The summed E-state index contributed by atoms with van der Waals surface area (Å²) in [7, 11) is 1.81. The van der Waals surface area contributed by atoms with Gasteiger partial charge in [0.05, 0.1) is 28.2 Å². The first-order valence-electron chi connectivity index (χ1n) is 11.3. The topological polar surface area (TPSA) is 113 Å². The van der Waals surface area contributed by atoms with E-state index in [2.05, 4.69) is 5.10 Å². The Kier molecular flexibility index (Phi) is 6.28. The quantitative estimate of drug-likeness (QED) is 0.181.